The van der Waals surface area contributed by atoms with Gasteiger partial charge in [0.1, 0.15) is 11.5 Å². The van der Waals surface area contributed by atoms with Crippen molar-refractivity contribution in [3.05, 3.63) is 85.9 Å². The quantitative estimate of drug-likeness (QED) is 0.449. The summed E-state index contributed by atoms with van der Waals surface area (Å²) in [4.78, 5) is 0. The minimum Gasteiger partial charge on any atom is -0.458 e. The predicted molar refractivity (Wildman–Crippen MR) is 71.8 cm³/mol. The summed E-state index contributed by atoms with van der Waals surface area (Å²) in [6.45, 7) is 12.9. The van der Waals surface area contributed by atoms with Crippen molar-refractivity contribution in [3.63, 3.8) is 0 Å². The van der Waals surface area contributed by atoms with E-state index in [0.29, 0.717) is 11.5 Å². The number of hydrogen-bond acceptors (Lipinski definition) is 1. The average Bonchev–Trinajstić information content (AvgIpc) is 2.25. The lowest BCUT2D eigenvalue weighted by atomic mass is 10.3. The Bertz CT molecular complexity index is 352. The molecule has 0 heterocycles. The van der Waals surface area contributed by atoms with Gasteiger partial charge in [-0.15, -0.1) is 0 Å². The molecular formula is C15H18O. The van der Waals surface area contributed by atoms with E-state index in [-0.39, 0.29) is 0 Å². The van der Waals surface area contributed by atoms with Crippen LogP contribution in [0.25, 0.3) is 0 Å². The first kappa shape index (κ1) is 14.0. The fourth-order valence-electron chi connectivity index (χ4n) is 0.895. The summed E-state index contributed by atoms with van der Waals surface area (Å²) < 4.78 is 5.47. The van der Waals surface area contributed by atoms with Crippen molar-refractivity contribution in [3.8, 4) is 0 Å². The summed E-state index contributed by atoms with van der Waals surface area (Å²) in [5.41, 5.74) is 0. The van der Waals surface area contributed by atoms with Crippen molar-refractivity contribution < 1.29 is 4.74 Å². The molecule has 0 aromatic carbocycles. The van der Waals surface area contributed by atoms with E-state index >= 15 is 0 Å². The molecule has 16 heavy (non-hydrogen) atoms. The van der Waals surface area contributed by atoms with Crippen molar-refractivity contribution in [2.45, 2.75) is 6.92 Å². The highest BCUT2D eigenvalue weighted by molar-refractivity contribution is 5.23. The van der Waals surface area contributed by atoms with E-state index in [0.717, 1.165) is 0 Å². The first-order chi connectivity index (χ1) is 7.74. The van der Waals surface area contributed by atoms with E-state index < -0.39 is 0 Å². The second-order valence-electron chi connectivity index (χ2n) is 2.85. The maximum absolute atomic E-state index is 5.47. The minimum atomic E-state index is 0.569. The summed E-state index contributed by atoms with van der Waals surface area (Å²) in [6, 6.07) is 0. The molecule has 0 aromatic rings. The van der Waals surface area contributed by atoms with Crippen LogP contribution in [0.4, 0.5) is 0 Å². The Morgan fingerprint density at radius 1 is 1.00 bits per heavy atom. The highest BCUT2D eigenvalue weighted by atomic mass is 16.5. The van der Waals surface area contributed by atoms with E-state index in [1.807, 2.05) is 37.3 Å². The Labute approximate surface area is 98.1 Å². The summed E-state index contributed by atoms with van der Waals surface area (Å²) >= 11 is 0. The normalized spacial score (nSPS) is 12.4. The Hall–Kier alpha value is -2.02. The van der Waals surface area contributed by atoms with Crippen molar-refractivity contribution in [1.82, 2.24) is 0 Å². The van der Waals surface area contributed by atoms with Crippen LogP contribution >= 0.6 is 0 Å². The second-order valence-corrected chi connectivity index (χ2v) is 2.85. The van der Waals surface area contributed by atoms with Gasteiger partial charge in [0.2, 0.25) is 0 Å². The molecule has 0 N–H and O–H groups in total. The molecule has 1 nitrogen and oxygen atoms in total. The van der Waals surface area contributed by atoms with Crippen LogP contribution in [0.1, 0.15) is 6.92 Å². The Kier molecular flexibility index (Phi) is 8.33. The summed E-state index contributed by atoms with van der Waals surface area (Å²) in [5, 5.41) is 0. The van der Waals surface area contributed by atoms with Gasteiger partial charge in [-0.05, 0) is 25.2 Å². The van der Waals surface area contributed by atoms with Crippen LogP contribution in [0.2, 0.25) is 0 Å². The molecule has 0 bridgehead atoms. The van der Waals surface area contributed by atoms with E-state index in [2.05, 4.69) is 19.7 Å². The lowest BCUT2D eigenvalue weighted by Gasteiger charge is -2.04. The topological polar surface area (TPSA) is 9.23 Å². The lowest BCUT2D eigenvalue weighted by molar-refractivity contribution is 0.338. The van der Waals surface area contributed by atoms with Gasteiger partial charge in [-0.1, -0.05) is 56.2 Å². The molecule has 0 spiro atoms. The molecule has 1 heteroatoms. The molecule has 84 valence electrons. The van der Waals surface area contributed by atoms with Gasteiger partial charge in [0.25, 0.3) is 0 Å². The van der Waals surface area contributed by atoms with E-state index in [1.54, 1.807) is 24.3 Å². The highest BCUT2D eigenvalue weighted by Gasteiger charge is 1.92. The van der Waals surface area contributed by atoms with Crippen molar-refractivity contribution in [2.75, 3.05) is 0 Å². The molecule has 0 aliphatic heterocycles. The predicted octanol–water partition coefficient (Wildman–Crippen LogP) is 4.46. The number of allylic oxidation sites excluding steroid dienone is 9. The molecule has 0 atom stereocenters. The Morgan fingerprint density at radius 3 is 2.31 bits per heavy atom. The summed E-state index contributed by atoms with van der Waals surface area (Å²) in [7, 11) is 0. The van der Waals surface area contributed by atoms with Gasteiger partial charge in [0.15, 0.2) is 0 Å². The monoisotopic (exact) mass is 214 g/mol. The van der Waals surface area contributed by atoms with E-state index in [4.69, 9.17) is 4.74 Å². The molecule has 0 radical (unpaired) electrons. The van der Waals surface area contributed by atoms with Crippen LogP contribution < -0.4 is 0 Å². The highest BCUT2D eigenvalue weighted by Crippen LogP contribution is 2.08. The van der Waals surface area contributed by atoms with Crippen LogP contribution in [0.5, 0.6) is 0 Å². The van der Waals surface area contributed by atoms with Crippen LogP contribution in [-0.2, 0) is 4.74 Å². The van der Waals surface area contributed by atoms with Gasteiger partial charge >= 0.3 is 0 Å². The van der Waals surface area contributed by atoms with Crippen LogP contribution in [0.3, 0.4) is 0 Å². The van der Waals surface area contributed by atoms with Gasteiger partial charge in [-0.3, -0.25) is 0 Å². The molecule has 0 fully saturated rings. The van der Waals surface area contributed by atoms with Crippen LogP contribution in [0.15, 0.2) is 85.9 Å². The standard InChI is InChI=1S/C15H18O/c1-5-8-9-10-13-14(4)16-15(11-6-2)12-7-3/h5-13H,1-2,4H2,3H3/b9-8-,12-7-,13-10-,15-11+. The van der Waals surface area contributed by atoms with Gasteiger partial charge in [0.05, 0.1) is 0 Å². The van der Waals surface area contributed by atoms with Gasteiger partial charge in [-0.25, -0.2) is 0 Å². The maximum Gasteiger partial charge on any atom is 0.127 e. The molecule has 0 unspecified atom stereocenters. The summed E-state index contributed by atoms with van der Waals surface area (Å²) in [6.07, 6.45) is 16.2. The fourth-order valence-corrected chi connectivity index (χ4v) is 0.895. The molecule has 0 saturated heterocycles. The molecule has 0 saturated carbocycles. The number of rotatable bonds is 7. The first-order valence-electron chi connectivity index (χ1n) is 5.02. The molecule has 0 amide bonds. The molecule has 0 aliphatic carbocycles. The third-order valence-corrected chi connectivity index (χ3v) is 1.50. The third kappa shape index (κ3) is 7.39. The SMILES string of the molecule is C=C/C=C\C=C/C(=C)OC(/C=C\C)=C/C=C. The molecule has 0 aliphatic rings. The number of ether oxygens (including phenoxy) is 1. The Morgan fingerprint density at radius 2 is 1.75 bits per heavy atom. The smallest absolute Gasteiger partial charge is 0.127 e. The van der Waals surface area contributed by atoms with Crippen LogP contribution in [0, 0.1) is 0 Å². The van der Waals surface area contributed by atoms with Crippen molar-refractivity contribution in [1.29, 1.82) is 0 Å². The van der Waals surface area contributed by atoms with Crippen molar-refractivity contribution in [2.24, 2.45) is 0 Å². The minimum absolute atomic E-state index is 0.569. The maximum atomic E-state index is 5.47. The first-order valence-corrected chi connectivity index (χ1v) is 5.02. The number of hydrogen-bond donors (Lipinski definition) is 0. The Balaban J connectivity index is 4.36. The molecule has 0 rings (SSSR count). The van der Waals surface area contributed by atoms with Gasteiger partial charge < -0.3 is 4.74 Å². The molecule has 0 aromatic heterocycles. The second kappa shape index (κ2) is 9.53. The third-order valence-electron chi connectivity index (χ3n) is 1.50. The lowest BCUT2D eigenvalue weighted by Crippen LogP contribution is -1.86. The average molecular weight is 214 g/mol. The van der Waals surface area contributed by atoms with Gasteiger partial charge in [0, 0.05) is 0 Å². The fraction of sp³-hybridized carbons (Fsp3) is 0.0667. The van der Waals surface area contributed by atoms with E-state index in [9.17, 15) is 0 Å². The largest absolute Gasteiger partial charge is 0.458 e. The zero-order chi connectivity index (χ0) is 12.2. The van der Waals surface area contributed by atoms with Gasteiger partial charge in [-0.2, -0.15) is 0 Å². The summed E-state index contributed by atoms with van der Waals surface area (Å²) in [5.74, 6) is 1.28. The zero-order valence-corrected chi connectivity index (χ0v) is 9.73. The zero-order valence-electron chi connectivity index (χ0n) is 9.73. The molecular weight excluding hydrogens is 196 g/mol. The van der Waals surface area contributed by atoms with Crippen molar-refractivity contribution >= 4 is 0 Å². The van der Waals surface area contributed by atoms with E-state index in [1.165, 1.54) is 0 Å². The van der Waals surface area contributed by atoms with Crippen LogP contribution in [-0.4, -0.2) is 0 Å².